The third kappa shape index (κ3) is 3.93. The molecule has 7 nitrogen and oxygen atoms in total. The average molecular weight is 430 g/mol. The molecule has 0 bridgehead atoms. The molecule has 3 aromatic rings. The molecule has 0 saturated carbocycles. The van der Waals surface area contributed by atoms with E-state index in [9.17, 15) is 13.2 Å². The van der Waals surface area contributed by atoms with Gasteiger partial charge in [0.05, 0.1) is 16.3 Å². The minimum atomic E-state index is -3.66. The summed E-state index contributed by atoms with van der Waals surface area (Å²) in [7, 11) is 0.00353. The lowest BCUT2D eigenvalue weighted by Gasteiger charge is -2.22. The molecule has 0 atom stereocenters. The van der Waals surface area contributed by atoms with E-state index in [-0.39, 0.29) is 10.7 Å². The van der Waals surface area contributed by atoms with Gasteiger partial charge in [-0.3, -0.25) is 4.79 Å². The first kappa shape index (κ1) is 21.9. The first-order valence-corrected chi connectivity index (χ1v) is 11.3. The fourth-order valence-corrected chi connectivity index (χ4v) is 4.93. The summed E-state index contributed by atoms with van der Waals surface area (Å²) in [5.41, 5.74) is 2.46. The van der Waals surface area contributed by atoms with Crippen LogP contribution in [0.3, 0.4) is 0 Å². The maximum atomic E-state index is 13.0. The maximum Gasteiger partial charge on any atom is 0.291 e. The van der Waals surface area contributed by atoms with Gasteiger partial charge in [0.2, 0.25) is 10.0 Å². The molecule has 3 rings (SSSR count). The number of anilines is 2. The SMILES string of the molecule is CCN(CC)S(=O)(=O)c1ccc(N(C)C)c(NC(=O)c2oc3ccccc3c2C)c1. The highest BCUT2D eigenvalue weighted by molar-refractivity contribution is 7.89. The molecule has 0 aliphatic rings. The van der Waals surface area contributed by atoms with Crippen molar-refractivity contribution in [1.82, 2.24) is 4.31 Å². The van der Waals surface area contributed by atoms with Gasteiger partial charge in [0.25, 0.3) is 5.91 Å². The number of para-hydroxylation sites is 1. The van der Waals surface area contributed by atoms with Crippen molar-refractivity contribution in [3.05, 3.63) is 53.8 Å². The second kappa shape index (κ2) is 8.49. The molecule has 0 aliphatic heterocycles. The smallest absolute Gasteiger partial charge is 0.291 e. The topological polar surface area (TPSA) is 82.9 Å². The van der Waals surface area contributed by atoms with E-state index in [2.05, 4.69) is 5.32 Å². The second-order valence-corrected chi connectivity index (χ2v) is 9.11. The zero-order valence-electron chi connectivity index (χ0n) is 17.9. The molecule has 8 heteroatoms. The summed E-state index contributed by atoms with van der Waals surface area (Å²) in [4.78, 5) is 15.0. The van der Waals surface area contributed by atoms with E-state index in [4.69, 9.17) is 4.42 Å². The van der Waals surface area contributed by atoms with Gasteiger partial charge in [0.1, 0.15) is 5.58 Å². The van der Waals surface area contributed by atoms with Crippen LogP contribution in [-0.4, -0.2) is 45.8 Å². The number of furan rings is 1. The highest BCUT2D eigenvalue weighted by Gasteiger charge is 2.24. The molecule has 0 fully saturated rings. The van der Waals surface area contributed by atoms with Crippen molar-refractivity contribution in [2.45, 2.75) is 25.7 Å². The summed E-state index contributed by atoms with van der Waals surface area (Å²) >= 11 is 0. The summed E-state index contributed by atoms with van der Waals surface area (Å²) in [5, 5.41) is 3.71. The molecule has 0 radical (unpaired) electrons. The fraction of sp³-hybridized carbons (Fsp3) is 0.318. The Kier molecular flexibility index (Phi) is 6.19. The minimum Gasteiger partial charge on any atom is -0.451 e. The molecule has 0 spiro atoms. The molecule has 0 unspecified atom stereocenters. The van der Waals surface area contributed by atoms with Crippen LogP contribution in [0.15, 0.2) is 51.8 Å². The first-order chi connectivity index (χ1) is 14.2. The number of sulfonamides is 1. The Bertz CT molecular complexity index is 1180. The number of hydrogen-bond acceptors (Lipinski definition) is 5. The quantitative estimate of drug-likeness (QED) is 0.612. The number of rotatable bonds is 7. The molecular weight excluding hydrogens is 402 g/mol. The number of nitrogens with zero attached hydrogens (tertiary/aromatic N) is 2. The summed E-state index contributed by atoms with van der Waals surface area (Å²) in [6.07, 6.45) is 0. The van der Waals surface area contributed by atoms with Crippen LogP contribution < -0.4 is 10.2 Å². The lowest BCUT2D eigenvalue weighted by Crippen LogP contribution is -2.30. The molecule has 0 aliphatic carbocycles. The van der Waals surface area contributed by atoms with Crippen LogP contribution in [0.1, 0.15) is 30.0 Å². The molecule has 2 aromatic carbocycles. The molecule has 160 valence electrons. The van der Waals surface area contributed by atoms with Crippen LogP contribution in [-0.2, 0) is 10.0 Å². The summed E-state index contributed by atoms with van der Waals surface area (Å²) in [5.74, 6) is -0.220. The molecule has 30 heavy (non-hydrogen) atoms. The minimum absolute atomic E-state index is 0.133. The fourth-order valence-electron chi connectivity index (χ4n) is 3.45. The second-order valence-electron chi connectivity index (χ2n) is 7.17. The van der Waals surface area contributed by atoms with Crippen molar-refractivity contribution < 1.29 is 17.6 Å². The third-order valence-electron chi connectivity index (χ3n) is 5.09. The van der Waals surface area contributed by atoms with Crippen LogP contribution >= 0.6 is 0 Å². The van der Waals surface area contributed by atoms with Crippen molar-refractivity contribution in [2.75, 3.05) is 37.4 Å². The van der Waals surface area contributed by atoms with Crippen molar-refractivity contribution in [3.8, 4) is 0 Å². The Morgan fingerprint density at radius 3 is 2.33 bits per heavy atom. The van der Waals surface area contributed by atoms with E-state index in [1.165, 1.54) is 10.4 Å². The standard InChI is InChI=1S/C22H27N3O4S/c1-6-25(7-2)30(27,28)16-12-13-19(24(4)5)18(14-16)23-22(26)21-15(3)17-10-8-9-11-20(17)29-21/h8-14H,6-7H2,1-5H3,(H,23,26). The molecule has 0 saturated heterocycles. The lowest BCUT2D eigenvalue weighted by atomic mass is 10.1. The molecule has 1 aromatic heterocycles. The molecule has 1 N–H and O–H groups in total. The van der Waals surface area contributed by atoms with Gasteiger partial charge in [-0.05, 0) is 31.2 Å². The highest BCUT2D eigenvalue weighted by atomic mass is 32.2. The van der Waals surface area contributed by atoms with Gasteiger partial charge in [-0.15, -0.1) is 0 Å². The zero-order valence-corrected chi connectivity index (χ0v) is 18.7. The largest absolute Gasteiger partial charge is 0.451 e. The number of hydrogen-bond donors (Lipinski definition) is 1. The van der Waals surface area contributed by atoms with Crippen molar-refractivity contribution in [1.29, 1.82) is 0 Å². The summed E-state index contributed by atoms with van der Waals surface area (Å²) in [6.45, 7) is 6.15. The number of carbonyl (C=O) groups excluding carboxylic acids is 1. The van der Waals surface area contributed by atoms with Crippen molar-refractivity contribution in [3.63, 3.8) is 0 Å². The first-order valence-electron chi connectivity index (χ1n) is 9.81. The number of aryl methyl sites for hydroxylation is 1. The molecule has 1 heterocycles. The van der Waals surface area contributed by atoms with Crippen molar-refractivity contribution in [2.24, 2.45) is 0 Å². The van der Waals surface area contributed by atoms with Gasteiger partial charge in [-0.2, -0.15) is 4.31 Å². The van der Waals surface area contributed by atoms with Crippen LogP contribution in [0.2, 0.25) is 0 Å². The summed E-state index contributed by atoms with van der Waals surface area (Å²) in [6, 6.07) is 12.2. The van der Waals surface area contributed by atoms with E-state index in [1.54, 1.807) is 26.0 Å². The van der Waals surface area contributed by atoms with Crippen LogP contribution in [0.25, 0.3) is 11.0 Å². The number of amides is 1. The molecular formula is C22H27N3O4S. The predicted molar refractivity (Wildman–Crippen MR) is 120 cm³/mol. The maximum absolute atomic E-state index is 13.0. The van der Waals surface area contributed by atoms with Gasteiger partial charge in [-0.1, -0.05) is 32.0 Å². The van der Waals surface area contributed by atoms with Gasteiger partial charge in [0.15, 0.2) is 5.76 Å². The van der Waals surface area contributed by atoms with Gasteiger partial charge >= 0.3 is 0 Å². The van der Waals surface area contributed by atoms with E-state index < -0.39 is 15.9 Å². The van der Waals surface area contributed by atoms with Gasteiger partial charge in [-0.25, -0.2) is 8.42 Å². The lowest BCUT2D eigenvalue weighted by molar-refractivity contribution is 0.0998. The van der Waals surface area contributed by atoms with E-state index >= 15 is 0 Å². The molecule has 1 amide bonds. The monoisotopic (exact) mass is 429 g/mol. The number of fused-ring (bicyclic) bond motifs is 1. The Labute approximate surface area is 177 Å². The third-order valence-corrected chi connectivity index (χ3v) is 7.14. The van der Waals surface area contributed by atoms with Crippen LogP contribution in [0.5, 0.6) is 0 Å². The average Bonchev–Trinajstić information content (AvgIpc) is 3.05. The van der Waals surface area contributed by atoms with E-state index in [1.807, 2.05) is 50.2 Å². The van der Waals surface area contributed by atoms with E-state index in [0.29, 0.717) is 30.0 Å². The van der Waals surface area contributed by atoms with Crippen LogP contribution in [0.4, 0.5) is 11.4 Å². The van der Waals surface area contributed by atoms with Crippen molar-refractivity contribution >= 4 is 38.3 Å². The predicted octanol–water partition coefficient (Wildman–Crippen LogP) is 4.09. The van der Waals surface area contributed by atoms with Gasteiger partial charge < -0.3 is 14.6 Å². The highest BCUT2D eigenvalue weighted by Crippen LogP contribution is 2.31. The van der Waals surface area contributed by atoms with E-state index in [0.717, 1.165) is 10.9 Å². The Hall–Kier alpha value is -2.84. The number of benzene rings is 2. The number of carbonyl (C=O) groups is 1. The normalized spacial score (nSPS) is 11.8. The Balaban J connectivity index is 2.03. The zero-order chi connectivity index (χ0) is 22.1. The van der Waals surface area contributed by atoms with Crippen LogP contribution in [0, 0.1) is 6.92 Å². The Morgan fingerprint density at radius 2 is 1.73 bits per heavy atom. The number of nitrogens with one attached hydrogen (secondary N) is 1. The summed E-state index contributed by atoms with van der Waals surface area (Å²) < 4.78 is 33.0. The van der Waals surface area contributed by atoms with Gasteiger partial charge in [0, 0.05) is 38.1 Å². The Morgan fingerprint density at radius 1 is 1.07 bits per heavy atom.